The van der Waals surface area contributed by atoms with Crippen LogP contribution in [0, 0.1) is 0 Å². The summed E-state index contributed by atoms with van der Waals surface area (Å²) < 4.78 is 0. The van der Waals surface area contributed by atoms with Gasteiger partial charge in [0.2, 0.25) is 0 Å². The minimum Gasteiger partial charge on any atom is -0.181 e. The van der Waals surface area contributed by atoms with Gasteiger partial charge in [-0.25, -0.2) is 0 Å². The number of hydrogen-bond donors (Lipinski definition) is 0. The third-order valence-corrected chi connectivity index (χ3v) is 0. The molecule has 0 aliphatic carbocycles. The predicted molar refractivity (Wildman–Crippen MR) is 41.1 cm³/mol. The summed E-state index contributed by atoms with van der Waals surface area (Å²) in [5, 5.41) is 0. The first kappa shape index (κ1) is 10.7. The lowest BCUT2D eigenvalue weighted by molar-refractivity contribution is 4.99. The molecule has 0 N–H and O–H groups in total. The molecule has 0 aliphatic heterocycles. The molecule has 0 saturated heterocycles. The largest absolute Gasteiger partial charge is 0.542 e. The molecule has 0 saturated carbocycles. The van der Waals surface area contributed by atoms with E-state index in [-0.39, 0.29) is 23.1 Å². The molecule has 0 fully saturated rings. The molecule has 5 heteroatoms. The van der Waals surface area contributed by atoms with Gasteiger partial charge in [0.25, 0.3) is 0 Å². The molecule has 0 rings (SSSR count). The minimum atomic E-state index is -0.701. The van der Waals surface area contributed by atoms with Crippen molar-refractivity contribution >= 4 is 73.9 Å². The zero-order valence-electron chi connectivity index (χ0n) is 1.71. The van der Waals surface area contributed by atoms with Crippen molar-refractivity contribution in [1.82, 2.24) is 0 Å². The van der Waals surface area contributed by atoms with Crippen molar-refractivity contribution in [2.24, 2.45) is 0 Å². The zero-order chi connectivity index (χ0) is 3.58. The van der Waals surface area contributed by atoms with Gasteiger partial charge in [-0.15, -0.1) is 0 Å². The maximum Gasteiger partial charge on any atom is 0.542 e. The highest BCUT2D eigenvalue weighted by atomic mass is 80.0. The Bertz CT molecular complexity index is 11.6. The van der Waals surface area contributed by atoms with Crippen LogP contribution in [0.4, 0.5) is 0 Å². The van der Waals surface area contributed by atoms with E-state index in [1.54, 1.807) is 0 Å². The Kier molecular flexibility index (Phi) is 14.4. The molecule has 0 heterocycles. The average molecular weight is 293 g/mol. The standard InChI is InChI=1S/Al.3BrH.Mg.2H/h;3*1H;;;/q+3;;;;;;/p-3. The Hall–Kier alpha value is 2.74. The van der Waals surface area contributed by atoms with Crippen LogP contribution in [0.15, 0.2) is 0 Å². The van der Waals surface area contributed by atoms with Gasteiger partial charge in [-0.3, -0.25) is 0 Å². The van der Waals surface area contributed by atoms with Crippen molar-refractivity contribution < 1.29 is 0 Å². The van der Waals surface area contributed by atoms with E-state index in [0.717, 1.165) is 0 Å². The van der Waals surface area contributed by atoms with E-state index < -0.39 is 8.67 Å². The molecular formula is H2AlBr3Mg. The monoisotopic (exact) mass is 290 g/mol. The van der Waals surface area contributed by atoms with Crippen LogP contribution < -0.4 is 0 Å². The van der Waals surface area contributed by atoms with E-state index in [1.807, 2.05) is 0 Å². The Balaban J connectivity index is 0. The van der Waals surface area contributed by atoms with E-state index in [1.165, 1.54) is 0 Å². The normalized spacial score (nSPS) is 5.40. The van der Waals surface area contributed by atoms with Crippen molar-refractivity contribution in [2.45, 2.75) is 0 Å². The lowest BCUT2D eigenvalue weighted by Crippen LogP contribution is -1.60. The van der Waals surface area contributed by atoms with Gasteiger partial charge >= 0.3 is 31.7 Å². The second kappa shape index (κ2) is 6.74. The lowest BCUT2D eigenvalue weighted by Gasteiger charge is -1.59. The van der Waals surface area contributed by atoms with E-state index in [2.05, 4.69) is 42.2 Å². The predicted octanol–water partition coefficient (Wildman–Crippen LogP) is 1.24. The smallest absolute Gasteiger partial charge is 0.181 e. The summed E-state index contributed by atoms with van der Waals surface area (Å²) in [5.41, 5.74) is 0. The van der Waals surface area contributed by atoms with Crippen molar-refractivity contribution in [2.75, 3.05) is 0 Å². The molecule has 0 aliphatic rings. The molecule has 0 spiro atoms. The molecule has 5 heavy (non-hydrogen) atoms. The van der Waals surface area contributed by atoms with Gasteiger partial charge in [-0.05, 0) is 0 Å². The number of halogens is 3. The highest BCUT2D eigenvalue weighted by Crippen LogP contribution is 2.07. The second-order valence-electron chi connectivity index (χ2n) is 0.247. The molecule has 0 aromatic carbocycles. The van der Waals surface area contributed by atoms with Gasteiger partial charge in [0, 0.05) is 0 Å². The Morgan fingerprint density at radius 2 is 1.00 bits per heavy atom. The summed E-state index contributed by atoms with van der Waals surface area (Å²) in [6.07, 6.45) is 0. The van der Waals surface area contributed by atoms with Crippen molar-refractivity contribution in [1.29, 1.82) is 0 Å². The minimum absolute atomic E-state index is 0. The average Bonchev–Trinajstić information content (AvgIpc) is 0.811. The molecule has 0 aromatic rings. The number of rotatable bonds is 0. The molecule has 0 aromatic heterocycles. The second-order valence-corrected chi connectivity index (χ2v) is 20.0. The van der Waals surface area contributed by atoms with E-state index in [9.17, 15) is 0 Å². The van der Waals surface area contributed by atoms with Crippen molar-refractivity contribution in [3.05, 3.63) is 0 Å². The quantitative estimate of drug-likeness (QED) is 0.590. The van der Waals surface area contributed by atoms with Gasteiger partial charge in [0.1, 0.15) is 0 Å². The SMILES string of the molecule is [Br][Al]([Br])[Br].[MgH2]. The summed E-state index contributed by atoms with van der Waals surface area (Å²) in [5.74, 6) is 0. The highest BCUT2D eigenvalue weighted by molar-refractivity contribution is 9.69. The van der Waals surface area contributed by atoms with Crippen molar-refractivity contribution in [3.63, 3.8) is 0 Å². The first-order chi connectivity index (χ1) is 1.73. The number of hydrogen-bond acceptors (Lipinski definition) is 0. The third kappa shape index (κ3) is 20.2. The van der Waals surface area contributed by atoms with Gasteiger partial charge in [0.15, 0.2) is 0 Å². The highest BCUT2D eigenvalue weighted by Gasteiger charge is 1.95. The molecule has 0 amide bonds. The zero-order valence-corrected chi connectivity index (χ0v) is 7.62. The fraction of sp³-hybridized carbons (Fsp3) is 0. The van der Waals surface area contributed by atoms with E-state index in [4.69, 9.17) is 0 Å². The van der Waals surface area contributed by atoms with Gasteiger partial charge in [-0.1, -0.05) is 0 Å². The Labute approximate surface area is 72.6 Å². The third-order valence-electron chi connectivity index (χ3n) is 0. The molecule has 0 nitrogen and oxygen atoms in total. The maximum absolute atomic E-state index is 3.24. The molecular weight excluding hydrogens is 291 g/mol. The maximum atomic E-state index is 3.24. The van der Waals surface area contributed by atoms with Crippen LogP contribution in [0.2, 0.25) is 0 Å². The summed E-state index contributed by atoms with van der Waals surface area (Å²) >= 11 is 9.73. The van der Waals surface area contributed by atoms with Crippen LogP contribution in [0.5, 0.6) is 0 Å². The fourth-order valence-electron chi connectivity index (χ4n) is 0. The fourth-order valence-corrected chi connectivity index (χ4v) is 0. The van der Waals surface area contributed by atoms with Crippen LogP contribution in [-0.4, -0.2) is 31.7 Å². The van der Waals surface area contributed by atoms with E-state index in [0.29, 0.717) is 0 Å². The van der Waals surface area contributed by atoms with Crippen LogP contribution in [0.1, 0.15) is 0 Å². The summed E-state index contributed by atoms with van der Waals surface area (Å²) in [6.45, 7) is 0. The molecule has 0 unspecified atom stereocenters. The van der Waals surface area contributed by atoms with Gasteiger partial charge in [0.05, 0.1) is 0 Å². The van der Waals surface area contributed by atoms with Crippen LogP contribution in [-0.2, 0) is 0 Å². The first-order valence-corrected chi connectivity index (χ1v) is 10.2. The first-order valence-electron chi connectivity index (χ1n) is 0.655. The summed E-state index contributed by atoms with van der Waals surface area (Å²) in [4.78, 5) is 0. The molecule has 0 atom stereocenters. The summed E-state index contributed by atoms with van der Waals surface area (Å²) in [7, 11) is -0.701. The molecule has 0 bridgehead atoms. The van der Waals surface area contributed by atoms with E-state index >= 15 is 0 Å². The molecule has 0 radical (unpaired) electrons. The Morgan fingerprint density at radius 3 is 1.00 bits per heavy atom. The summed E-state index contributed by atoms with van der Waals surface area (Å²) in [6, 6.07) is 0. The topological polar surface area (TPSA) is 0 Å². The van der Waals surface area contributed by atoms with Gasteiger partial charge < -0.3 is 0 Å². The Morgan fingerprint density at radius 1 is 1.00 bits per heavy atom. The van der Waals surface area contributed by atoms with Gasteiger partial charge in [-0.2, -0.15) is 42.2 Å². The van der Waals surface area contributed by atoms with Crippen LogP contribution in [0.3, 0.4) is 0 Å². The lowest BCUT2D eigenvalue weighted by atomic mass is 24.3. The van der Waals surface area contributed by atoms with Crippen LogP contribution >= 0.6 is 42.2 Å². The van der Waals surface area contributed by atoms with Crippen molar-refractivity contribution in [3.8, 4) is 0 Å². The molecule has 28 valence electrons. The van der Waals surface area contributed by atoms with Crippen LogP contribution in [0.25, 0.3) is 0 Å².